The standard InChI is InChI=1S/C44H29N3O/c1-44(2)36-19-8-6-14-30(36)35-24-27-22-23-29-28(34(27)25-37(35)44)16-10-17-31(29)42-45-41(26-12-4-3-5-13-26)46-43(47-42)33-18-11-21-39-40(33)32-15-7-9-20-38(32)48-39/h3-25H,1-2H3. The average molecular weight is 616 g/mol. The van der Waals surface area contributed by atoms with Crippen molar-refractivity contribution in [2.45, 2.75) is 19.3 Å². The minimum atomic E-state index is -0.0775. The van der Waals surface area contributed by atoms with E-state index in [2.05, 4.69) is 92.7 Å². The zero-order valence-corrected chi connectivity index (χ0v) is 26.5. The van der Waals surface area contributed by atoms with Crippen molar-refractivity contribution in [1.29, 1.82) is 0 Å². The van der Waals surface area contributed by atoms with Gasteiger partial charge in [-0.25, -0.2) is 15.0 Å². The summed E-state index contributed by atoms with van der Waals surface area (Å²) in [5, 5.41) is 6.81. The SMILES string of the molecule is CC1(C)c2ccccc2-c2cc3ccc4c(-c5nc(-c6ccccc6)nc(-c6cccc7oc8ccccc8c67)n5)cccc4c3cc21. The molecule has 0 saturated carbocycles. The summed E-state index contributed by atoms with van der Waals surface area (Å²) < 4.78 is 6.24. The number of hydrogen-bond acceptors (Lipinski definition) is 4. The zero-order valence-electron chi connectivity index (χ0n) is 26.5. The molecule has 0 aliphatic heterocycles. The third kappa shape index (κ3) is 3.86. The molecule has 7 aromatic carbocycles. The summed E-state index contributed by atoms with van der Waals surface area (Å²) in [6.45, 7) is 4.67. The number of aromatic nitrogens is 3. The largest absolute Gasteiger partial charge is 0.456 e. The molecule has 0 spiro atoms. The highest BCUT2D eigenvalue weighted by atomic mass is 16.3. The minimum Gasteiger partial charge on any atom is -0.456 e. The van der Waals surface area contributed by atoms with E-state index in [1.54, 1.807) is 0 Å². The fraction of sp³-hybridized carbons (Fsp3) is 0.0682. The van der Waals surface area contributed by atoms with Gasteiger partial charge in [-0.3, -0.25) is 0 Å². The first-order valence-electron chi connectivity index (χ1n) is 16.4. The van der Waals surface area contributed by atoms with Crippen LogP contribution in [0.1, 0.15) is 25.0 Å². The fourth-order valence-electron chi connectivity index (χ4n) is 7.78. The van der Waals surface area contributed by atoms with E-state index in [1.165, 1.54) is 38.4 Å². The van der Waals surface area contributed by atoms with Gasteiger partial charge in [-0.1, -0.05) is 129 Å². The molecule has 4 nitrogen and oxygen atoms in total. The van der Waals surface area contributed by atoms with Gasteiger partial charge in [0.05, 0.1) is 0 Å². The van der Waals surface area contributed by atoms with Crippen LogP contribution in [0.5, 0.6) is 0 Å². The van der Waals surface area contributed by atoms with E-state index in [0.717, 1.165) is 44.0 Å². The highest BCUT2D eigenvalue weighted by molar-refractivity contribution is 6.14. The third-order valence-electron chi connectivity index (χ3n) is 10.1. The maximum Gasteiger partial charge on any atom is 0.164 e. The smallest absolute Gasteiger partial charge is 0.164 e. The number of fused-ring (bicyclic) bond motifs is 9. The molecular weight excluding hydrogens is 587 g/mol. The summed E-state index contributed by atoms with van der Waals surface area (Å²) in [6.07, 6.45) is 0. The Bertz CT molecular complexity index is 2760. The molecule has 1 aliphatic rings. The quantitative estimate of drug-likeness (QED) is 0.186. The van der Waals surface area contributed by atoms with Crippen LogP contribution in [-0.4, -0.2) is 15.0 Å². The van der Waals surface area contributed by atoms with Crippen molar-refractivity contribution in [3.63, 3.8) is 0 Å². The summed E-state index contributed by atoms with van der Waals surface area (Å²) >= 11 is 0. The Balaban J connectivity index is 1.22. The van der Waals surface area contributed by atoms with Crippen molar-refractivity contribution < 1.29 is 4.42 Å². The molecule has 0 radical (unpaired) electrons. The summed E-state index contributed by atoms with van der Waals surface area (Å²) in [6, 6.07) is 48.9. The molecule has 2 aromatic heterocycles. The van der Waals surface area contributed by atoms with Crippen LogP contribution >= 0.6 is 0 Å². The molecule has 0 fully saturated rings. The van der Waals surface area contributed by atoms with Crippen molar-refractivity contribution in [1.82, 2.24) is 15.0 Å². The van der Waals surface area contributed by atoms with Gasteiger partial charge in [0.2, 0.25) is 0 Å². The molecule has 0 N–H and O–H groups in total. The lowest BCUT2D eigenvalue weighted by atomic mass is 9.81. The van der Waals surface area contributed by atoms with E-state index < -0.39 is 0 Å². The molecule has 226 valence electrons. The van der Waals surface area contributed by atoms with Crippen LogP contribution in [0.25, 0.3) is 88.8 Å². The number of furan rings is 1. The Kier molecular flexibility index (Phi) is 5.59. The molecule has 0 atom stereocenters. The highest BCUT2D eigenvalue weighted by Gasteiger charge is 2.35. The van der Waals surface area contributed by atoms with Crippen molar-refractivity contribution in [2.75, 3.05) is 0 Å². The third-order valence-corrected chi connectivity index (χ3v) is 10.1. The molecule has 2 heterocycles. The van der Waals surface area contributed by atoms with Crippen molar-refractivity contribution in [3.05, 3.63) is 151 Å². The number of para-hydroxylation sites is 1. The minimum absolute atomic E-state index is 0.0775. The van der Waals surface area contributed by atoms with E-state index in [-0.39, 0.29) is 5.41 Å². The first-order valence-corrected chi connectivity index (χ1v) is 16.4. The van der Waals surface area contributed by atoms with Crippen LogP contribution in [0, 0.1) is 0 Å². The van der Waals surface area contributed by atoms with Gasteiger partial charge in [-0.05, 0) is 68.1 Å². The maximum absolute atomic E-state index is 6.24. The summed E-state index contributed by atoms with van der Waals surface area (Å²) in [4.78, 5) is 15.4. The number of benzene rings is 7. The summed E-state index contributed by atoms with van der Waals surface area (Å²) in [7, 11) is 0. The predicted octanol–water partition coefficient (Wildman–Crippen LogP) is 11.4. The van der Waals surface area contributed by atoms with Gasteiger partial charge in [0.15, 0.2) is 17.5 Å². The molecular formula is C44H29N3O. The van der Waals surface area contributed by atoms with Gasteiger partial charge >= 0.3 is 0 Å². The normalized spacial score (nSPS) is 13.4. The maximum atomic E-state index is 6.24. The van der Waals surface area contributed by atoms with Gasteiger partial charge in [0.25, 0.3) is 0 Å². The Labute approximate surface area is 277 Å². The molecule has 9 aromatic rings. The molecule has 48 heavy (non-hydrogen) atoms. The Morgan fingerprint density at radius 2 is 1.10 bits per heavy atom. The number of nitrogens with zero attached hydrogens (tertiary/aromatic N) is 3. The van der Waals surface area contributed by atoms with Crippen LogP contribution < -0.4 is 0 Å². The molecule has 0 unspecified atom stereocenters. The Morgan fingerprint density at radius 1 is 0.438 bits per heavy atom. The molecule has 1 aliphatic carbocycles. The van der Waals surface area contributed by atoms with Crippen LogP contribution in [0.3, 0.4) is 0 Å². The van der Waals surface area contributed by atoms with E-state index >= 15 is 0 Å². The second-order valence-corrected chi connectivity index (χ2v) is 13.2. The summed E-state index contributed by atoms with van der Waals surface area (Å²) in [5.41, 5.74) is 9.82. The molecule has 0 saturated heterocycles. The van der Waals surface area contributed by atoms with Crippen LogP contribution in [-0.2, 0) is 5.41 Å². The van der Waals surface area contributed by atoms with Crippen LogP contribution in [0.15, 0.2) is 144 Å². The first kappa shape index (κ1) is 27.0. The first-order chi connectivity index (χ1) is 23.5. The van der Waals surface area contributed by atoms with Crippen LogP contribution in [0.2, 0.25) is 0 Å². The van der Waals surface area contributed by atoms with Gasteiger partial charge in [-0.15, -0.1) is 0 Å². The topological polar surface area (TPSA) is 51.8 Å². The predicted molar refractivity (Wildman–Crippen MR) is 196 cm³/mol. The van der Waals surface area contributed by atoms with E-state index in [0.29, 0.717) is 17.5 Å². The van der Waals surface area contributed by atoms with E-state index in [4.69, 9.17) is 19.4 Å². The van der Waals surface area contributed by atoms with Crippen molar-refractivity contribution in [3.8, 4) is 45.3 Å². The second-order valence-electron chi connectivity index (χ2n) is 13.2. The Hall–Kier alpha value is -6.13. The van der Waals surface area contributed by atoms with E-state index in [9.17, 15) is 0 Å². The average Bonchev–Trinajstić information content (AvgIpc) is 3.63. The molecule has 4 heteroatoms. The summed E-state index contributed by atoms with van der Waals surface area (Å²) in [5.74, 6) is 1.89. The highest BCUT2D eigenvalue weighted by Crippen LogP contribution is 2.50. The van der Waals surface area contributed by atoms with Crippen molar-refractivity contribution in [2.24, 2.45) is 0 Å². The monoisotopic (exact) mass is 615 g/mol. The fourth-order valence-corrected chi connectivity index (χ4v) is 7.78. The van der Waals surface area contributed by atoms with Gasteiger partial charge in [-0.2, -0.15) is 0 Å². The lowest BCUT2D eigenvalue weighted by Gasteiger charge is -2.22. The number of rotatable bonds is 3. The lowest BCUT2D eigenvalue weighted by molar-refractivity contribution is 0.661. The zero-order chi connectivity index (χ0) is 32.0. The van der Waals surface area contributed by atoms with Gasteiger partial charge in [0, 0.05) is 32.9 Å². The van der Waals surface area contributed by atoms with E-state index in [1.807, 2.05) is 60.7 Å². The molecule has 10 rings (SSSR count). The van der Waals surface area contributed by atoms with Gasteiger partial charge < -0.3 is 4.42 Å². The lowest BCUT2D eigenvalue weighted by Crippen LogP contribution is -2.14. The van der Waals surface area contributed by atoms with Gasteiger partial charge in [0.1, 0.15) is 11.2 Å². The van der Waals surface area contributed by atoms with Crippen LogP contribution in [0.4, 0.5) is 0 Å². The number of hydrogen-bond donors (Lipinski definition) is 0. The molecule has 0 amide bonds. The van der Waals surface area contributed by atoms with Crippen molar-refractivity contribution >= 4 is 43.5 Å². The molecule has 0 bridgehead atoms. The second kappa shape index (κ2) is 9.93. The Morgan fingerprint density at radius 3 is 2.00 bits per heavy atom.